The lowest BCUT2D eigenvalue weighted by Gasteiger charge is -2.29. The SMILES string of the molecule is CCCC(C)CC(C)(CC)CBr. The Kier molecular flexibility index (Phi) is 6.25. The standard InChI is InChI=1S/C11H23Br/c1-5-7-10(3)8-11(4,6-2)9-12/h10H,5-9H2,1-4H3. The van der Waals surface area contributed by atoms with E-state index in [2.05, 4.69) is 43.6 Å². The average molecular weight is 235 g/mol. The lowest BCUT2D eigenvalue weighted by Crippen LogP contribution is -2.20. The zero-order valence-corrected chi connectivity index (χ0v) is 10.6. The molecule has 0 aliphatic heterocycles. The van der Waals surface area contributed by atoms with Crippen molar-refractivity contribution in [1.29, 1.82) is 0 Å². The van der Waals surface area contributed by atoms with Crippen LogP contribution < -0.4 is 0 Å². The van der Waals surface area contributed by atoms with E-state index in [1.807, 2.05) is 0 Å². The summed E-state index contributed by atoms with van der Waals surface area (Å²) in [5, 5.41) is 1.14. The molecule has 74 valence electrons. The molecule has 0 spiro atoms. The second-order valence-corrected chi connectivity index (χ2v) is 4.96. The summed E-state index contributed by atoms with van der Waals surface area (Å²) in [7, 11) is 0. The second-order valence-electron chi connectivity index (χ2n) is 4.40. The first-order chi connectivity index (χ1) is 5.58. The van der Waals surface area contributed by atoms with Crippen molar-refractivity contribution >= 4 is 15.9 Å². The number of halogens is 1. The van der Waals surface area contributed by atoms with Crippen molar-refractivity contribution in [2.45, 2.75) is 53.4 Å². The molecule has 2 atom stereocenters. The Hall–Kier alpha value is 0.480. The van der Waals surface area contributed by atoms with Crippen LogP contribution in [0.3, 0.4) is 0 Å². The fourth-order valence-corrected chi connectivity index (χ4v) is 2.35. The lowest BCUT2D eigenvalue weighted by atomic mass is 9.80. The molecular formula is C11H23Br. The maximum absolute atomic E-state index is 3.61. The maximum Gasteiger partial charge on any atom is 0.00853 e. The van der Waals surface area contributed by atoms with Crippen molar-refractivity contribution < 1.29 is 0 Å². The van der Waals surface area contributed by atoms with E-state index in [-0.39, 0.29) is 0 Å². The van der Waals surface area contributed by atoms with E-state index >= 15 is 0 Å². The van der Waals surface area contributed by atoms with E-state index in [9.17, 15) is 0 Å². The normalized spacial score (nSPS) is 18.8. The van der Waals surface area contributed by atoms with Crippen LogP contribution in [-0.4, -0.2) is 5.33 Å². The summed E-state index contributed by atoms with van der Waals surface area (Å²) in [5.74, 6) is 0.887. The molecule has 0 radical (unpaired) electrons. The minimum Gasteiger partial charge on any atom is -0.0922 e. The summed E-state index contributed by atoms with van der Waals surface area (Å²) >= 11 is 3.61. The quantitative estimate of drug-likeness (QED) is 0.589. The molecule has 0 saturated heterocycles. The summed E-state index contributed by atoms with van der Waals surface area (Å²) in [6, 6.07) is 0. The van der Waals surface area contributed by atoms with Crippen LogP contribution in [0.25, 0.3) is 0 Å². The fourth-order valence-electron chi connectivity index (χ4n) is 1.73. The summed E-state index contributed by atoms with van der Waals surface area (Å²) < 4.78 is 0. The van der Waals surface area contributed by atoms with Gasteiger partial charge in [0.05, 0.1) is 0 Å². The minimum absolute atomic E-state index is 0.522. The second kappa shape index (κ2) is 6.01. The Morgan fingerprint density at radius 2 is 1.92 bits per heavy atom. The van der Waals surface area contributed by atoms with Gasteiger partial charge in [-0.15, -0.1) is 0 Å². The molecule has 2 unspecified atom stereocenters. The summed E-state index contributed by atoms with van der Waals surface area (Å²) in [5.41, 5.74) is 0.522. The topological polar surface area (TPSA) is 0 Å². The average Bonchev–Trinajstić information content (AvgIpc) is 2.05. The van der Waals surface area contributed by atoms with Crippen LogP contribution in [0.5, 0.6) is 0 Å². The fraction of sp³-hybridized carbons (Fsp3) is 1.00. The van der Waals surface area contributed by atoms with E-state index in [0.29, 0.717) is 5.41 Å². The van der Waals surface area contributed by atoms with E-state index in [1.54, 1.807) is 0 Å². The third-order valence-electron chi connectivity index (χ3n) is 2.80. The van der Waals surface area contributed by atoms with Gasteiger partial charge < -0.3 is 0 Å². The molecule has 0 aromatic carbocycles. The summed E-state index contributed by atoms with van der Waals surface area (Å²) in [6.07, 6.45) is 5.35. The molecule has 0 N–H and O–H groups in total. The van der Waals surface area contributed by atoms with E-state index in [1.165, 1.54) is 25.7 Å². The smallest absolute Gasteiger partial charge is 0.00853 e. The summed E-state index contributed by atoms with van der Waals surface area (Å²) in [6.45, 7) is 9.32. The van der Waals surface area contributed by atoms with Crippen molar-refractivity contribution in [3.05, 3.63) is 0 Å². The van der Waals surface area contributed by atoms with Gasteiger partial charge in [-0.1, -0.05) is 56.5 Å². The van der Waals surface area contributed by atoms with Gasteiger partial charge in [0.1, 0.15) is 0 Å². The third-order valence-corrected chi connectivity index (χ3v) is 4.15. The van der Waals surface area contributed by atoms with Gasteiger partial charge in [0.2, 0.25) is 0 Å². The van der Waals surface area contributed by atoms with Crippen molar-refractivity contribution in [2.75, 3.05) is 5.33 Å². The number of hydrogen-bond donors (Lipinski definition) is 0. The Morgan fingerprint density at radius 1 is 1.33 bits per heavy atom. The predicted molar refractivity (Wildman–Crippen MR) is 60.9 cm³/mol. The molecule has 0 bridgehead atoms. The molecular weight excluding hydrogens is 212 g/mol. The molecule has 0 saturated carbocycles. The first kappa shape index (κ1) is 12.5. The van der Waals surface area contributed by atoms with Crippen LogP contribution in [0.15, 0.2) is 0 Å². The van der Waals surface area contributed by atoms with Gasteiger partial charge in [-0.05, 0) is 24.2 Å². The van der Waals surface area contributed by atoms with Gasteiger partial charge in [0.15, 0.2) is 0 Å². The molecule has 0 aliphatic rings. The minimum atomic E-state index is 0.522. The molecule has 12 heavy (non-hydrogen) atoms. The van der Waals surface area contributed by atoms with Gasteiger partial charge in [0, 0.05) is 5.33 Å². The third kappa shape index (κ3) is 4.49. The molecule has 0 aliphatic carbocycles. The highest BCUT2D eigenvalue weighted by atomic mass is 79.9. The Labute approximate surface area is 86.3 Å². The predicted octanol–water partition coefficient (Wildman–Crippen LogP) is 4.62. The van der Waals surface area contributed by atoms with Gasteiger partial charge in [0.25, 0.3) is 0 Å². The van der Waals surface area contributed by atoms with E-state index in [0.717, 1.165) is 11.2 Å². The zero-order valence-electron chi connectivity index (χ0n) is 8.99. The highest BCUT2D eigenvalue weighted by Gasteiger charge is 2.22. The molecule has 0 rings (SSSR count). The molecule has 1 heteroatoms. The molecule has 0 heterocycles. The number of alkyl halides is 1. The Bertz CT molecular complexity index is 106. The first-order valence-corrected chi connectivity index (χ1v) is 6.26. The monoisotopic (exact) mass is 234 g/mol. The van der Waals surface area contributed by atoms with Gasteiger partial charge in [-0.3, -0.25) is 0 Å². The maximum atomic E-state index is 3.61. The van der Waals surface area contributed by atoms with E-state index < -0.39 is 0 Å². The highest BCUT2D eigenvalue weighted by molar-refractivity contribution is 9.09. The van der Waals surface area contributed by atoms with Gasteiger partial charge >= 0.3 is 0 Å². The van der Waals surface area contributed by atoms with Crippen molar-refractivity contribution in [3.63, 3.8) is 0 Å². The van der Waals surface area contributed by atoms with Crippen LogP contribution in [0.1, 0.15) is 53.4 Å². The first-order valence-electron chi connectivity index (χ1n) is 5.14. The molecule has 0 nitrogen and oxygen atoms in total. The molecule has 0 amide bonds. The number of hydrogen-bond acceptors (Lipinski definition) is 0. The van der Waals surface area contributed by atoms with Crippen LogP contribution in [-0.2, 0) is 0 Å². The van der Waals surface area contributed by atoms with Crippen molar-refractivity contribution in [1.82, 2.24) is 0 Å². The van der Waals surface area contributed by atoms with Gasteiger partial charge in [-0.2, -0.15) is 0 Å². The van der Waals surface area contributed by atoms with Crippen LogP contribution >= 0.6 is 15.9 Å². The lowest BCUT2D eigenvalue weighted by molar-refractivity contribution is 0.267. The Morgan fingerprint density at radius 3 is 2.25 bits per heavy atom. The molecule has 0 aromatic heterocycles. The van der Waals surface area contributed by atoms with E-state index in [4.69, 9.17) is 0 Å². The van der Waals surface area contributed by atoms with Crippen LogP contribution in [0, 0.1) is 11.3 Å². The van der Waals surface area contributed by atoms with Crippen molar-refractivity contribution in [3.8, 4) is 0 Å². The zero-order chi connectivity index (χ0) is 9.61. The Balaban J connectivity index is 3.84. The summed E-state index contributed by atoms with van der Waals surface area (Å²) in [4.78, 5) is 0. The van der Waals surface area contributed by atoms with Crippen LogP contribution in [0.4, 0.5) is 0 Å². The van der Waals surface area contributed by atoms with Crippen LogP contribution in [0.2, 0.25) is 0 Å². The van der Waals surface area contributed by atoms with Crippen molar-refractivity contribution in [2.24, 2.45) is 11.3 Å². The molecule has 0 aromatic rings. The highest BCUT2D eigenvalue weighted by Crippen LogP contribution is 2.33. The van der Waals surface area contributed by atoms with Gasteiger partial charge in [-0.25, -0.2) is 0 Å². The molecule has 0 fully saturated rings. The number of rotatable bonds is 6. The largest absolute Gasteiger partial charge is 0.0922 e.